The SMILES string of the molecule is OC[C@H]1O[C@@H](n2ccc3c(-c4cccc5c4oc4ccccc45)nc(F)nc32)C(O)C1O. The van der Waals surface area contributed by atoms with Gasteiger partial charge < -0.3 is 29.0 Å². The fourth-order valence-electron chi connectivity index (χ4n) is 4.46. The molecule has 1 fully saturated rings. The molecule has 0 aliphatic carbocycles. The molecular weight excluding hydrogens is 417 g/mol. The van der Waals surface area contributed by atoms with E-state index in [1.807, 2.05) is 36.4 Å². The van der Waals surface area contributed by atoms with Gasteiger partial charge in [-0.05, 0) is 18.2 Å². The van der Waals surface area contributed by atoms with E-state index >= 15 is 0 Å². The average molecular weight is 435 g/mol. The minimum Gasteiger partial charge on any atom is -0.455 e. The third kappa shape index (κ3) is 2.69. The van der Waals surface area contributed by atoms with Crippen molar-refractivity contribution in [2.75, 3.05) is 6.61 Å². The zero-order chi connectivity index (χ0) is 22.0. The van der Waals surface area contributed by atoms with Crippen molar-refractivity contribution < 1.29 is 28.9 Å². The highest BCUT2D eigenvalue weighted by molar-refractivity contribution is 6.11. The van der Waals surface area contributed by atoms with E-state index in [2.05, 4.69) is 9.97 Å². The van der Waals surface area contributed by atoms with E-state index in [1.54, 1.807) is 18.3 Å². The first-order chi connectivity index (χ1) is 15.6. The molecule has 5 aromatic rings. The molecule has 1 aliphatic rings. The Morgan fingerprint density at radius 1 is 0.938 bits per heavy atom. The highest BCUT2D eigenvalue weighted by Gasteiger charge is 2.43. The lowest BCUT2D eigenvalue weighted by atomic mass is 10.0. The van der Waals surface area contributed by atoms with E-state index in [9.17, 15) is 19.7 Å². The standard InChI is InChI=1S/C23H18FN3O5/c24-23-25-17(13-6-3-5-12-11-4-1-2-7-15(11)31-20(12)13)14-8-9-27(21(14)26-23)22-19(30)18(29)16(10-28)32-22/h1-9,16,18-19,22,28-30H,10H2/t16-,18?,19?,22-/m1/s1. The summed E-state index contributed by atoms with van der Waals surface area (Å²) in [7, 11) is 0. The van der Waals surface area contributed by atoms with Crippen molar-refractivity contribution in [3.63, 3.8) is 0 Å². The zero-order valence-electron chi connectivity index (χ0n) is 16.6. The van der Waals surface area contributed by atoms with Gasteiger partial charge in [0.25, 0.3) is 0 Å². The molecule has 0 radical (unpaired) electrons. The molecule has 1 saturated heterocycles. The van der Waals surface area contributed by atoms with Crippen LogP contribution >= 0.6 is 0 Å². The van der Waals surface area contributed by atoms with Crippen LogP contribution in [0.2, 0.25) is 0 Å². The Morgan fingerprint density at radius 3 is 2.56 bits per heavy atom. The van der Waals surface area contributed by atoms with Crippen LogP contribution in [-0.2, 0) is 4.74 Å². The molecule has 0 spiro atoms. The van der Waals surface area contributed by atoms with E-state index in [0.717, 1.165) is 10.8 Å². The Bertz CT molecular complexity index is 1480. The number of fused-ring (bicyclic) bond motifs is 4. The average Bonchev–Trinajstić information content (AvgIpc) is 3.47. The number of aromatic nitrogens is 3. The van der Waals surface area contributed by atoms with Gasteiger partial charge in [0.15, 0.2) is 6.23 Å². The summed E-state index contributed by atoms with van der Waals surface area (Å²) in [5.41, 5.74) is 2.42. The highest BCUT2D eigenvalue weighted by Crippen LogP contribution is 2.39. The first kappa shape index (κ1) is 19.3. The van der Waals surface area contributed by atoms with Gasteiger partial charge >= 0.3 is 6.08 Å². The molecule has 162 valence electrons. The fraction of sp³-hybridized carbons (Fsp3) is 0.217. The van der Waals surface area contributed by atoms with Crippen molar-refractivity contribution in [2.24, 2.45) is 0 Å². The molecule has 4 atom stereocenters. The number of halogens is 1. The van der Waals surface area contributed by atoms with Crippen LogP contribution < -0.4 is 0 Å². The third-order valence-corrected chi connectivity index (χ3v) is 6.00. The number of rotatable bonds is 3. The summed E-state index contributed by atoms with van der Waals surface area (Å²) in [6, 6.07) is 14.9. The number of aliphatic hydroxyl groups is 3. The van der Waals surface area contributed by atoms with Gasteiger partial charge in [-0.2, -0.15) is 9.37 Å². The number of furan rings is 1. The zero-order valence-corrected chi connectivity index (χ0v) is 16.6. The van der Waals surface area contributed by atoms with Gasteiger partial charge in [-0.25, -0.2) is 4.98 Å². The Balaban J connectivity index is 1.56. The van der Waals surface area contributed by atoms with Crippen LogP contribution in [0, 0.1) is 6.08 Å². The van der Waals surface area contributed by atoms with Crippen molar-refractivity contribution in [3.8, 4) is 11.3 Å². The number of hydrogen-bond donors (Lipinski definition) is 3. The van der Waals surface area contributed by atoms with Gasteiger partial charge in [-0.3, -0.25) is 0 Å². The monoisotopic (exact) mass is 435 g/mol. The minimum atomic E-state index is -1.32. The van der Waals surface area contributed by atoms with E-state index < -0.39 is 37.2 Å². The number of hydrogen-bond acceptors (Lipinski definition) is 7. The van der Waals surface area contributed by atoms with Crippen molar-refractivity contribution in [1.29, 1.82) is 0 Å². The van der Waals surface area contributed by atoms with Gasteiger partial charge in [-0.15, -0.1) is 0 Å². The maximum Gasteiger partial charge on any atom is 0.311 e. The normalized spacial score (nSPS) is 23.6. The maximum absolute atomic E-state index is 14.6. The molecule has 3 N–H and O–H groups in total. The summed E-state index contributed by atoms with van der Waals surface area (Å²) in [5.74, 6) is 0. The lowest BCUT2D eigenvalue weighted by Crippen LogP contribution is -2.33. The van der Waals surface area contributed by atoms with E-state index in [4.69, 9.17) is 9.15 Å². The number of nitrogens with zero attached hydrogens (tertiary/aromatic N) is 3. The smallest absolute Gasteiger partial charge is 0.311 e. The van der Waals surface area contributed by atoms with Gasteiger partial charge in [0, 0.05) is 27.9 Å². The van der Waals surface area contributed by atoms with E-state index in [1.165, 1.54) is 4.57 Å². The third-order valence-electron chi connectivity index (χ3n) is 6.00. The predicted octanol–water partition coefficient (Wildman–Crippen LogP) is 2.75. The lowest BCUT2D eigenvalue weighted by Gasteiger charge is -2.17. The summed E-state index contributed by atoms with van der Waals surface area (Å²) in [5, 5.41) is 32.2. The molecule has 3 aromatic heterocycles. The second-order valence-corrected chi connectivity index (χ2v) is 7.81. The van der Waals surface area contributed by atoms with Crippen molar-refractivity contribution in [1.82, 2.24) is 14.5 Å². The maximum atomic E-state index is 14.6. The quantitative estimate of drug-likeness (QED) is 0.374. The van der Waals surface area contributed by atoms with Gasteiger partial charge in [0.1, 0.15) is 35.1 Å². The number of aliphatic hydroxyl groups excluding tert-OH is 3. The molecule has 0 saturated carbocycles. The van der Waals surface area contributed by atoms with Crippen LogP contribution in [0.25, 0.3) is 44.2 Å². The summed E-state index contributed by atoms with van der Waals surface area (Å²) in [6.45, 7) is -0.462. The van der Waals surface area contributed by atoms with Crippen molar-refractivity contribution in [2.45, 2.75) is 24.5 Å². The molecule has 1 aliphatic heterocycles. The molecule has 4 heterocycles. The largest absolute Gasteiger partial charge is 0.455 e. The van der Waals surface area contributed by atoms with Crippen LogP contribution in [0.15, 0.2) is 59.1 Å². The van der Waals surface area contributed by atoms with Crippen LogP contribution in [-0.4, -0.2) is 54.8 Å². The van der Waals surface area contributed by atoms with Gasteiger partial charge in [0.05, 0.1) is 12.3 Å². The lowest BCUT2D eigenvalue weighted by molar-refractivity contribution is -0.0509. The molecule has 8 nitrogen and oxygen atoms in total. The van der Waals surface area contributed by atoms with Crippen LogP contribution in [0.4, 0.5) is 4.39 Å². The van der Waals surface area contributed by atoms with Gasteiger partial charge in [0.2, 0.25) is 0 Å². The molecule has 6 rings (SSSR count). The van der Waals surface area contributed by atoms with E-state index in [-0.39, 0.29) is 5.65 Å². The molecule has 9 heteroatoms. The number of para-hydroxylation sites is 2. The Kier molecular flexibility index (Phi) is 4.27. The number of ether oxygens (including phenoxy) is 1. The second-order valence-electron chi connectivity index (χ2n) is 7.81. The fourth-order valence-corrected chi connectivity index (χ4v) is 4.46. The first-order valence-electron chi connectivity index (χ1n) is 10.1. The van der Waals surface area contributed by atoms with Gasteiger partial charge in [-0.1, -0.05) is 30.3 Å². The van der Waals surface area contributed by atoms with Crippen molar-refractivity contribution >= 4 is 33.0 Å². The van der Waals surface area contributed by atoms with Crippen LogP contribution in [0.1, 0.15) is 6.23 Å². The summed E-state index contributed by atoms with van der Waals surface area (Å²) < 4.78 is 27.7. The number of benzene rings is 2. The molecule has 0 amide bonds. The minimum absolute atomic E-state index is 0.190. The molecule has 0 bridgehead atoms. The second kappa shape index (κ2) is 7.07. The predicted molar refractivity (Wildman–Crippen MR) is 113 cm³/mol. The Morgan fingerprint density at radius 2 is 1.75 bits per heavy atom. The highest BCUT2D eigenvalue weighted by atomic mass is 19.1. The Hall–Kier alpha value is -3.37. The first-order valence-corrected chi connectivity index (χ1v) is 10.1. The van der Waals surface area contributed by atoms with Crippen LogP contribution in [0.3, 0.4) is 0 Å². The molecule has 2 aromatic carbocycles. The molecule has 2 unspecified atom stereocenters. The summed E-state index contributed by atoms with van der Waals surface area (Å²) in [4.78, 5) is 7.97. The summed E-state index contributed by atoms with van der Waals surface area (Å²) >= 11 is 0. The van der Waals surface area contributed by atoms with E-state index in [0.29, 0.717) is 27.8 Å². The molecular formula is C23H18FN3O5. The van der Waals surface area contributed by atoms with Crippen molar-refractivity contribution in [3.05, 3.63) is 60.8 Å². The van der Waals surface area contributed by atoms with Crippen LogP contribution in [0.5, 0.6) is 0 Å². The Labute approximate surface area is 180 Å². The summed E-state index contributed by atoms with van der Waals surface area (Å²) in [6.07, 6.45) is -3.96. The topological polar surface area (TPSA) is 114 Å². The molecule has 32 heavy (non-hydrogen) atoms.